The second-order valence-corrected chi connectivity index (χ2v) is 4.44. The molecule has 1 aromatic carbocycles. The summed E-state index contributed by atoms with van der Waals surface area (Å²) in [7, 11) is 0. The van der Waals surface area contributed by atoms with Crippen LogP contribution >= 0.6 is 11.6 Å². The number of carbonyl (C=O) groups is 1. The molecule has 1 N–H and O–H groups in total. The Morgan fingerprint density at radius 3 is 2.53 bits per heavy atom. The van der Waals surface area contributed by atoms with E-state index < -0.39 is 5.60 Å². The Labute approximate surface area is 106 Å². The lowest BCUT2D eigenvalue weighted by atomic mass is 9.99. The Hall–Kier alpha value is -1.06. The zero-order valence-electron chi connectivity index (χ0n) is 10.1. The highest BCUT2D eigenvalue weighted by atomic mass is 35.5. The third-order valence-electron chi connectivity index (χ3n) is 2.90. The van der Waals surface area contributed by atoms with E-state index in [0.29, 0.717) is 29.2 Å². The molecule has 0 radical (unpaired) electrons. The minimum atomic E-state index is -0.827. The molecule has 0 aliphatic rings. The Kier molecular flexibility index (Phi) is 4.97. The zero-order chi connectivity index (χ0) is 12.9. The van der Waals surface area contributed by atoms with Gasteiger partial charge in [0, 0.05) is 5.56 Å². The van der Waals surface area contributed by atoms with Crippen molar-refractivity contribution in [3.63, 3.8) is 0 Å². The van der Waals surface area contributed by atoms with Crippen molar-refractivity contribution < 1.29 is 14.6 Å². The fourth-order valence-electron chi connectivity index (χ4n) is 1.37. The van der Waals surface area contributed by atoms with Crippen molar-refractivity contribution in [1.29, 1.82) is 0 Å². The van der Waals surface area contributed by atoms with Gasteiger partial charge in [-0.05, 0) is 31.0 Å². The summed E-state index contributed by atoms with van der Waals surface area (Å²) in [5, 5.41) is 10.4. The number of halogens is 1. The Bertz CT molecular complexity index is 386. The minimum absolute atomic E-state index is 0.195. The minimum Gasteiger partial charge on any atom is -0.489 e. The number of aldehydes is 1. The van der Waals surface area contributed by atoms with E-state index in [9.17, 15) is 9.90 Å². The summed E-state index contributed by atoms with van der Waals surface area (Å²) in [6, 6.07) is 4.81. The van der Waals surface area contributed by atoms with Gasteiger partial charge in [0.15, 0.2) is 0 Å². The van der Waals surface area contributed by atoms with Gasteiger partial charge in [0.1, 0.15) is 18.6 Å². The van der Waals surface area contributed by atoms with Crippen LogP contribution in [0.4, 0.5) is 0 Å². The number of hydrogen-bond acceptors (Lipinski definition) is 3. The van der Waals surface area contributed by atoms with E-state index in [-0.39, 0.29) is 6.61 Å². The lowest BCUT2D eigenvalue weighted by molar-refractivity contribution is -0.0113. The van der Waals surface area contributed by atoms with Crippen LogP contribution in [0.2, 0.25) is 5.02 Å². The molecule has 0 spiro atoms. The molecule has 0 bridgehead atoms. The molecule has 0 aliphatic carbocycles. The fraction of sp³-hybridized carbons (Fsp3) is 0.462. The van der Waals surface area contributed by atoms with Crippen LogP contribution in [0.25, 0.3) is 0 Å². The first-order valence-corrected chi connectivity index (χ1v) is 6.02. The number of ether oxygens (including phenoxy) is 1. The molecule has 94 valence electrons. The van der Waals surface area contributed by atoms with E-state index in [0.717, 1.165) is 6.29 Å². The number of rotatable bonds is 6. The van der Waals surface area contributed by atoms with Crippen molar-refractivity contribution in [1.82, 2.24) is 0 Å². The molecule has 0 amide bonds. The molecule has 0 aromatic heterocycles. The van der Waals surface area contributed by atoms with Crippen LogP contribution in [-0.2, 0) is 0 Å². The van der Waals surface area contributed by atoms with Crippen molar-refractivity contribution >= 4 is 17.9 Å². The van der Waals surface area contributed by atoms with Crippen LogP contribution in [0.15, 0.2) is 18.2 Å². The molecule has 0 fully saturated rings. The standard InChI is InChI=1S/C13H17ClO3/c1-3-13(16,4-2)9-17-12-6-5-10(8-15)7-11(12)14/h5-8,16H,3-4,9H2,1-2H3. The van der Waals surface area contributed by atoms with Crippen molar-refractivity contribution in [2.24, 2.45) is 0 Å². The van der Waals surface area contributed by atoms with Crippen molar-refractivity contribution in [3.05, 3.63) is 28.8 Å². The Morgan fingerprint density at radius 2 is 2.06 bits per heavy atom. The second kappa shape index (κ2) is 6.03. The highest BCUT2D eigenvalue weighted by Gasteiger charge is 2.23. The molecular formula is C13H17ClO3. The normalized spacial score (nSPS) is 11.3. The van der Waals surface area contributed by atoms with Gasteiger partial charge < -0.3 is 9.84 Å². The predicted octanol–water partition coefficient (Wildman–Crippen LogP) is 3.08. The van der Waals surface area contributed by atoms with Gasteiger partial charge in [-0.3, -0.25) is 4.79 Å². The van der Waals surface area contributed by atoms with Crippen molar-refractivity contribution in [2.45, 2.75) is 32.3 Å². The molecular weight excluding hydrogens is 240 g/mol. The van der Waals surface area contributed by atoms with Crippen LogP contribution in [0.3, 0.4) is 0 Å². The van der Waals surface area contributed by atoms with Gasteiger partial charge in [-0.2, -0.15) is 0 Å². The largest absolute Gasteiger partial charge is 0.489 e. The van der Waals surface area contributed by atoms with E-state index in [1.807, 2.05) is 13.8 Å². The quantitative estimate of drug-likeness (QED) is 0.796. The van der Waals surface area contributed by atoms with E-state index in [1.54, 1.807) is 18.2 Å². The summed E-state index contributed by atoms with van der Waals surface area (Å²) in [6.45, 7) is 4.01. The molecule has 1 aromatic rings. The van der Waals surface area contributed by atoms with Crippen LogP contribution in [0.1, 0.15) is 37.0 Å². The summed E-state index contributed by atoms with van der Waals surface area (Å²) in [4.78, 5) is 10.5. The number of aliphatic hydroxyl groups is 1. The smallest absolute Gasteiger partial charge is 0.150 e. The monoisotopic (exact) mass is 256 g/mol. The molecule has 3 nitrogen and oxygen atoms in total. The average Bonchev–Trinajstić information content (AvgIpc) is 2.36. The first-order valence-electron chi connectivity index (χ1n) is 5.64. The first kappa shape index (κ1) is 14.0. The predicted molar refractivity (Wildman–Crippen MR) is 67.9 cm³/mol. The van der Waals surface area contributed by atoms with Crippen molar-refractivity contribution in [2.75, 3.05) is 6.61 Å². The molecule has 1 rings (SSSR count). The highest BCUT2D eigenvalue weighted by molar-refractivity contribution is 6.32. The van der Waals surface area contributed by atoms with Gasteiger partial charge in [0.25, 0.3) is 0 Å². The molecule has 17 heavy (non-hydrogen) atoms. The van der Waals surface area contributed by atoms with Crippen molar-refractivity contribution in [3.8, 4) is 5.75 Å². The highest BCUT2D eigenvalue weighted by Crippen LogP contribution is 2.26. The van der Waals surface area contributed by atoms with Gasteiger partial charge in [-0.25, -0.2) is 0 Å². The molecule has 0 atom stereocenters. The average molecular weight is 257 g/mol. The first-order chi connectivity index (χ1) is 8.04. The third-order valence-corrected chi connectivity index (χ3v) is 3.20. The maximum absolute atomic E-state index is 10.5. The number of carbonyl (C=O) groups excluding carboxylic acids is 1. The lowest BCUT2D eigenvalue weighted by Crippen LogP contribution is -2.34. The van der Waals surface area contributed by atoms with Gasteiger partial charge in [-0.15, -0.1) is 0 Å². The fourth-order valence-corrected chi connectivity index (χ4v) is 1.62. The summed E-state index contributed by atoms with van der Waals surface area (Å²) < 4.78 is 5.49. The maximum atomic E-state index is 10.5. The van der Waals surface area contributed by atoms with Gasteiger partial charge in [-0.1, -0.05) is 25.4 Å². The van der Waals surface area contributed by atoms with E-state index >= 15 is 0 Å². The SMILES string of the molecule is CCC(O)(CC)COc1ccc(C=O)cc1Cl. The molecule has 0 heterocycles. The van der Waals surface area contributed by atoms with Crippen LogP contribution < -0.4 is 4.74 Å². The Balaban J connectivity index is 2.72. The maximum Gasteiger partial charge on any atom is 0.150 e. The van der Waals surface area contributed by atoms with Gasteiger partial charge in [0.2, 0.25) is 0 Å². The lowest BCUT2D eigenvalue weighted by Gasteiger charge is -2.25. The van der Waals surface area contributed by atoms with E-state index in [2.05, 4.69) is 0 Å². The third kappa shape index (κ3) is 3.72. The van der Waals surface area contributed by atoms with Crippen LogP contribution in [0.5, 0.6) is 5.75 Å². The second-order valence-electron chi connectivity index (χ2n) is 4.03. The van der Waals surface area contributed by atoms with Crippen LogP contribution in [0, 0.1) is 0 Å². The summed E-state index contributed by atoms with van der Waals surface area (Å²) in [5.74, 6) is 0.484. The topological polar surface area (TPSA) is 46.5 Å². The zero-order valence-corrected chi connectivity index (χ0v) is 10.8. The van der Waals surface area contributed by atoms with Gasteiger partial charge >= 0.3 is 0 Å². The van der Waals surface area contributed by atoms with Crippen LogP contribution in [-0.4, -0.2) is 23.6 Å². The number of benzene rings is 1. The molecule has 0 saturated heterocycles. The molecule has 0 aliphatic heterocycles. The number of hydrogen-bond donors (Lipinski definition) is 1. The molecule has 4 heteroatoms. The van der Waals surface area contributed by atoms with E-state index in [4.69, 9.17) is 16.3 Å². The Morgan fingerprint density at radius 1 is 1.41 bits per heavy atom. The summed E-state index contributed by atoms with van der Waals surface area (Å²) >= 11 is 5.96. The molecule has 0 saturated carbocycles. The summed E-state index contributed by atoms with van der Waals surface area (Å²) in [6.07, 6.45) is 1.96. The molecule has 0 unspecified atom stereocenters. The van der Waals surface area contributed by atoms with E-state index in [1.165, 1.54) is 0 Å². The van der Waals surface area contributed by atoms with Gasteiger partial charge in [0.05, 0.1) is 10.6 Å². The summed E-state index contributed by atoms with van der Waals surface area (Å²) in [5.41, 5.74) is -0.323.